The van der Waals surface area contributed by atoms with Gasteiger partial charge in [-0.05, 0) is 66.1 Å². The molecule has 0 spiro atoms. The third-order valence-corrected chi connectivity index (χ3v) is 7.32. The van der Waals surface area contributed by atoms with Gasteiger partial charge in [0.15, 0.2) is 0 Å². The second kappa shape index (κ2) is 12.0. The van der Waals surface area contributed by atoms with E-state index in [1.165, 1.54) is 36.4 Å². The fraction of sp³-hybridized carbons (Fsp3) is 0.240. The minimum atomic E-state index is -3.74. The van der Waals surface area contributed by atoms with Crippen molar-refractivity contribution < 1.29 is 33.3 Å². The van der Waals surface area contributed by atoms with E-state index in [0.717, 1.165) is 10.5 Å². The van der Waals surface area contributed by atoms with Gasteiger partial charge in [0.1, 0.15) is 12.4 Å². The number of aliphatic hydroxyl groups excluding tert-OH is 2. The summed E-state index contributed by atoms with van der Waals surface area (Å²) in [5.74, 6) is 0.455. The standard InChI is InChI=1S/C25H26ClNO7S/c26-20-3-1-2-19(16-20)24(29)17-27(25(30)31)13-12-18-4-8-22(9-5-18)35(32,33)23-10-6-21(7-11-23)34-15-14-28/h1-11,16,24,28-29H,12-15,17H2,(H,30,31)/t24-/m0/s1. The van der Waals surface area contributed by atoms with Gasteiger partial charge in [0.2, 0.25) is 9.84 Å². The summed E-state index contributed by atoms with van der Waals surface area (Å²) < 4.78 is 31.1. The molecule has 0 aliphatic rings. The highest BCUT2D eigenvalue weighted by Crippen LogP contribution is 2.24. The van der Waals surface area contributed by atoms with E-state index in [9.17, 15) is 23.4 Å². The van der Waals surface area contributed by atoms with E-state index in [1.54, 1.807) is 36.4 Å². The van der Waals surface area contributed by atoms with Gasteiger partial charge < -0.3 is 25.0 Å². The summed E-state index contributed by atoms with van der Waals surface area (Å²) in [6, 6.07) is 18.8. The molecule has 3 rings (SSSR count). The van der Waals surface area contributed by atoms with Gasteiger partial charge in [-0.1, -0.05) is 35.9 Å². The number of aliphatic hydroxyl groups is 2. The summed E-state index contributed by atoms with van der Waals surface area (Å²) in [5.41, 5.74) is 1.27. The number of carboxylic acid groups (broad SMARTS) is 1. The van der Waals surface area contributed by atoms with E-state index >= 15 is 0 Å². The molecule has 0 aliphatic heterocycles. The lowest BCUT2D eigenvalue weighted by Gasteiger charge is -2.23. The van der Waals surface area contributed by atoms with E-state index in [2.05, 4.69) is 0 Å². The Bertz CT molecular complexity index is 1230. The molecule has 0 radical (unpaired) electrons. The zero-order valence-corrected chi connectivity index (χ0v) is 20.3. The second-order valence-electron chi connectivity index (χ2n) is 7.74. The Morgan fingerprint density at radius 1 is 1.00 bits per heavy atom. The van der Waals surface area contributed by atoms with Crippen LogP contribution in [0.3, 0.4) is 0 Å². The largest absolute Gasteiger partial charge is 0.491 e. The molecule has 1 atom stereocenters. The Morgan fingerprint density at radius 2 is 1.63 bits per heavy atom. The first-order valence-electron chi connectivity index (χ1n) is 10.8. The molecular weight excluding hydrogens is 494 g/mol. The molecule has 10 heteroatoms. The van der Waals surface area contributed by atoms with Gasteiger partial charge in [-0.3, -0.25) is 0 Å². The van der Waals surface area contributed by atoms with E-state index in [0.29, 0.717) is 22.8 Å². The van der Waals surface area contributed by atoms with Gasteiger partial charge in [0.05, 0.1) is 29.0 Å². The van der Waals surface area contributed by atoms with Crippen LogP contribution in [0.4, 0.5) is 4.79 Å². The number of nitrogens with zero attached hydrogens (tertiary/aromatic N) is 1. The summed E-state index contributed by atoms with van der Waals surface area (Å²) >= 11 is 5.94. The van der Waals surface area contributed by atoms with Gasteiger partial charge in [-0.2, -0.15) is 0 Å². The summed E-state index contributed by atoms with van der Waals surface area (Å²) in [5, 5.41) is 29.2. The summed E-state index contributed by atoms with van der Waals surface area (Å²) in [4.78, 5) is 13.0. The quantitative estimate of drug-likeness (QED) is 0.352. The first-order valence-corrected chi connectivity index (χ1v) is 12.7. The minimum absolute atomic E-state index is 0.105. The van der Waals surface area contributed by atoms with E-state index in [1.807, 2.05) is 0 Å². The fourth-order valence-electron chi connectivity index (χ4n) is 3.41. The summed E-state index contributed by atoms with van der Waals surface area (Å²) in [6.45, 7) is -0.0277. The zero-order chi connectivity index (χ0) is 25.4. The van der Waals surface area contributed by atoms with Crippen molar-refractivity contribution >= 4 is 27.5 Å². The molecule has 186 valence electrons. The molecule has 0 bridgehead atoms. The van der Waals surface area contributed by atoms with Gasteiger partial charge in [-0.15, -0.1) is 0 Å². The third-order valence-electron chi connectivity index (χ3n) is 5.30. The smallest absolute Gasteiger partial charge is 0.407 e. The molecule has 3 aromatic rings. The zero-order valence-electron chi connectivity index (χ0n) is 18.7. The molecule has 3 N–H and O–H groups in total. The minimum Gasteiger partial charge on any atom is -0.491 e. The highest BCUT2D eigenvalue weighted by atomic mass is 35.5. The molecule has 0 fully saturated rings. The number of benzene rings is 3. The molecule has 0 aromatic heterocycles. The average Bonchev–Trinajstić information content (AvgIpc) is 2.85. The maximum Gasteiger partial charge on any atom is 0.407 e. The maximum absolute atomic E-state index is 12.9. The molecule has 0 aliphatic carbocycles. The second-order valence-corrected chi connectivity index (χ2v) is 10.1. The lowest BCUT2D eigenvalue weighted by atomic mass is 10.1. The van der Waals surface area contributed by atoms with Crippen LogP contribution in [-0.4, -0.2) is 61.0 Å². The molecule has 0 heterocycles. The molecule has 0 saturated heterocycles. The maximum atomic E-state index is 12.9. The van der Waals surface area contributed by atoms with Crippen LogP contribution in [0.25, 0.3) is 0 Å². The van der Waals surface area contributed by atoms with Crippen LogP contribution in [-0.2, 0) is 16.3 Å². The Hall–Kier alpha value is -3.11. The number of hydrogen-bond acceptors (Lipinski definition) is 6. The van der Waals surface area contributed by atoms with E-state index < -0.39 is 22.0 Å². The fourth-order valence-corrected chi connectivity index (χ4v) is 4.87. The Morgan fingerprint density at radius 3 is 2.20 bits per heavy atom. The van der Waals surface area contributed by atoms with Crippen molar-refractivity contribution in [3.8, 4) is 5.75 Å². The van der Waals surface area contributed by atoms with Crippen molar-refractivity contribution in [2.75, 3.05) is 26.3 Å². The van der Waals surface area contributed by atoms with E-state index in [4.69, 9.17) is 21.4 Å². The average molecular weight is 520 g/mol. The number of rotatable bonds is 11. The van der Waals surface area contributed by atoms with Crippen molar-refractivity contribution in [1.82, 2.24) is 4.90 Å². The van der Waals surface area contributed by atoms with Crippen LogP contribution in [0.1, 0.15) is 17.2 Å². The highest BCUT2D eigenvalue weighted by Gasteiger charge is 2.20. The lowest BCUT2D eigenvalue weighted by molar-refractivity contribution is 0.0973. The van der Waals surface area contributed by atoms with Gasteiger partial charge in [-0.25, -0.2) is 13.2 Å². The van der Waals surface area contributed by atoms with Crippen LogP contribution in [0.5, 0.6) is 5.75 Å². The van der Waals surface area contributed by atoms with Crippen molar-refractivity contribution in [3.05, 3.63) is 88.9 Å². The Labute approximate surface area is 208 Å². The predicted octanol–water partition coefficient (Wildman–Crippen LogP) is 3.80. The van der Waals surface area contributed by atoms with Gasteiger partial charge in [0.25, 0.3) is 0 Å². The number of ether oxygens (including phenoxy) is 1. The van der Waals surface area contributed by atoms with Crippen molar-refractivity contribution in [3.63, 3.8) is 0 Å². The van der Waals surface area contributed by atoms with Crippen LogP contribution < -0.4 is 4.74 Å². The normalized spacial score (nSPS) is 12.2. The van der Waals surface area contributed by atoms with Crippen molar-refractivity contribution in [1.29, 1.82) is 0 Å². The summed E-state index contributed by atoms with van der Waals surface area (Å²) in [7, 11) is -3.74. The number of carbonyl (C=O) groups is 1. The van der Waals surface area contributed by atoms with Crippen molar-refractivity contribution in [2.45, 2.75) is 22.3 Å². The molecular formula is C25H26ClNO7S. The predicted molar refractivity (Wildman–Crippen MR) is 131 cm³/mol. The van der Waals surface area contributed by atoms with Crippen LogP contribution in [0.2, 0.25) is 5.02 Å². The lowest BCUT2D eigenvalue weighted by Crippen LogP contribution is -2.35. The van der Waals surface area contributed by atoms with Gasteiger partial charge in [0, 0.05) is 11.6 Å². The molecule has 0 unspecified atom stereocenters. The Balaban J connectivity index is 1.63. The van der Waals surface area contributed by atoms with Crippen molar-refractivity contribution in [2.24, 2.45) is 0 Å². The first-order chi connectivity index (χ1) is 16.7. The molecule has 8 nitrogen and oxygen atoms in total. The number of amides is 1. The number of hydrogen-bond donors (Lipinski definition) is 3. The summed E-state index contributed by atoms with van der Waals surface area (Å²) in [6.07, 6.45) is -1.86. The molecule has 0 saturated carbocycles. The van der Waals surface area contributed by atoms with E-state index in [-0.39, 0.29) is 36.1 Å². The molecule has 1 amide bonds. The number of halogens is 1. The van der Waals surface area contributed by atoms with Crippen LogP contribution >= 0.6 is 11.6 Å². The van der Waals surface area contributed by atoms with Gasteiger partial charge >= 0.3 is 6.09 Å². The van der Waals surface area contributed by atoms with Crippen LogP contribution in [0, 0.1) is 0 Å². The molecule has 35 heavy (non-hydrogen) atoms. The Kier molecular flexibility index (Phi) is 9.11. The highest BCUT2D eigenvalue weighted by molar-refractivity contribution is 7.91. The number of sulfone groups is 1. The topological polar surface area (TPSA) is 124 Å². The SMILES string of the molecule is O=C(O)N(CCc1ccc(S(=O)(=O)c2ccc(OCCO)cc2)cc1)C[C@H](O)c1cccc(Cl)c1. The first kappa shape index (κ1) is 26.5. The molecule has 3 aromatic carbocycles. The van der Waals surface area contributed by atoms with Crippen LogP contribution in [0.15, 0.2) is 82.6 Å². The third kappa shape index (κ3) is 7.19. The monoisotopic (exact) mass is 519 g/mol.